The molecular weight excluding hydrogens is 362 g/mol. The summed E-state index contributed by atoms with van der Waals surface area (Å²) >= 11 is 6.68. The van der Waals surface area contributed by atoms with Crippen LogP contribution >= 0.6 is 31.9 Å². The minimum atomic E-state index is -0.627. The van der Waals surface area contributed by atoms with Crippen LogP contribution in [-0.2, 0) is 0 Å². The Morgan fingerprint density at radius 2 is 2.11 bits per heavy atom. The van der Waals surface area contributed by atoms with E-state index in [2.05, 4.69) is 38.8 Å². The van der Waals surface area contributed by atoms with Crippen LogP contribution in [0.4, 0.5) is 0 Å². The van der Waals surface area contributed by atoms with Crippen molar-refractivity contribution >= 4 is 31.9 Å². The normalized spacial score (nSPS) is 30.4. The molecule has 2 rings (SSSR count). The zero-order valence-corrected chi connectivity index (χ0v) is 13.6. The van der Waals surface area contributed by atoms with E-state index in [1.807, 2.05) is 6.07 Å². The second kappa shape index (κ2) is 5.65. The second-order valence-corrected chi connectivity index (χ2v) is 7.00. The third-order valence-electron chi connectivity index (χ3n) is 4.19. The first-order valence-electron chi connectivity index (χ1n) is 6.31. The van der Waals surface area contributed by atoms with E-state index in [1.165, 1.54) is 0 Å². The second-order valence-electron chi connectivity index (χ2n) is 5.42. The van der Waals surface area contributed by atoms with Crippen LogP contribution < -0.4 is 5.73 Å². The molecule has 0 spiro atoms. The van der Waals surface area contributed by atoms with Crippen LogP contribution in [-0.4, -0.2) is 11.7 Å². The lowest BCUT2D eigenvalue weighted by molar-refractivity contribution is -0.0215. The summed E-state index contributed by atoms with van der Waals surface area (Å²) in [5, 5.41) is 10.6. The Morgan fingerprint density at radius 1 is 1.50 bits per heavy atom. The molecule has 1 aromatic heterocycles. The number of aliphatic hydroxyl groups excluding tert-OH is 1. The molecular formula is C13H19Br2NO2. The molecule has 5 heteroatoms. The van der Waals surface area contributed by atoms with Gasteiger partial charge in [0.2, 0.25) is 0 Å². The smallest absolute Gasteiger partial charge is 0.183 e. The van der Waals surface area contributed by atoms with Gasteiger partial charge < -0.3 is 15.3 Å². The Balaban J connectivity index is 2.22. The minimum Gasteiger partial charge on any atom is -0.450 e. The Labute approximate surface area is 124 Å². The molecule has 0 radical (unpaired) electrons. The molecule has 0 bridgehead atoms. The van der Waals surface area contributed by atoms with Gasteiger partial charge in [0.1, 0.15) is 11.9 Å². The maximum atomic E-state index is 10.6. The average Bonchev–Trinajstić information content (AvgIpc) is 2.70. The van der Waals surface area contributed by atoms with Crippen LogP contribution in [0.5, 0.6) is 0 Å². The number of halogens is 2. The first-order chi connectivity index (χ1) is 8.48. The summed E-state index contributed by atoms with van der Waals surface area (Å²) in [5.74, 6) is 1.32. The number of furan rings is 1. The van der Waals surface area contributed by atoms with Gasteiger partial charge in [-0.05, 0) is 56.7 Å². The van der Waals surface area contributed by atoms with Gasteiger partial charge in [0.05, 0.1) is 4.47 Å². The molecule has 102 valence electrons. The number of aliphatic hydroxyl groups is 1. The highest BCUT2D eigenvalue weighted by Crippen LogP contribution is 2.48. The van der Waals surface area contributed by atoms with Crippen molar-refractivity contribution < 1.29 is 9.52 Å². The summed E-state index contributed by atoms with van der Waals surface area (Å²) in [6.07, 6.45) is 3.54. The van der Waals surface area contributed by atoms with Crippen LogP contribution in [0.15, 0.2) is 19.6 Å². The lowest BCUT2D eigenvalue weighted by atomic mass is 9.67. The minimum absolute atomic E-state index is 0.233. The van der Waals surface area contributed by atoms with Crippen LogP contribution in [0.2, 0.25) is 0 Å². The van der Waals surface area contributed by atoms with Crippen molar-refractivity contribution in [1.82, 2.24) is 0 Å². The molecule has 1 aromatic rings. The molecule has 1 aliphatic carbocycles. The molecule has 1 heterocycles. The van der Waals surface area contributed by atoms with Crippen molar-refractivity contribution in [3.05, 3.63) is 21.0 Å². The van der Waals surface area contributed by atoms with E-state index in [-0.39, 0.29) is 5.41 Å². The molecule has 0 saturated heterocycles. The largest absolute Gasteiger partial charge is 0.450 e. The summed E-state index contributed by atoms with van der Waals surface area (Å²) in [5.41, 5.74) is 5.71. The Kier molecular flexibility index (Phi) is 4.57. The van der Waals surface area contributed by atoms with Crippen LogP contribution in [0.3, 0.4) is 0 Å². The lowest BCUT2D eigenvalue weighted by Gasteiger charge is -2.41. The van der Waals surface area contributed by atoms with Gasteiger partial charge >= 0.3 is 0 Å². The number of hydrogen-bond donors (Lipinski definition) is 2. The van der Waals surface area contributed by atoms with Gasteiger partial charge in [-0.1, -0.05) is 19.8 Å². The summed E-state index contributed by atoms with van der Waals surface area (Å²) in [4.78, 5) is 0. The monoisotopic (exact) mass is 379 g/mol. The third-order valence-corrected chi connectivity index (χ3v) is 5.90. The fraction of sp³-hybridized carbons (Fsp3) is 0.692. The highest BCUT2D eigenvalue weighted by atomic mass is 79.9. The molecule has 1 atom stereocenters. The molecule has 1 fully saturated rings. The van der Waals surface area contributed by atoms with E-state index < -0.39 is 6.10 Å². The highest BCUT2D eigenvalue weighted by Gasteiger charge is 2.41. The van der Waals surface area contributed by atoms with Crippen molar-refractivity contribution in [3.63, 3.8) is 0 Å². The van der Waals surface area contributed by atoms with E-state index >= 15 is 0 Å². The quantitative estimate of drug-likeness (QED) is 0.833. The van der Waals surface area contributed by atoms with Crippen LogP contribution in [0, 0.1) is 11.3 Å². The number of nitrogens with two attached hydrogens (primary N) is 1. The molecule has 3 N–H and O–H groups in total. The van der Waals surface area contributed by atoms with Crippen molar-refractivity contribution in [2.45, 2.75) is 38.7 Å². The van der Waals surface area contributed by atoms with Gasteiger partial charge in [-0.15, -0.1) is 0 Å². The molecule has 0 amide bonds. The maximum Gasteiger partial charge on any atom is 0.183 e. The maximum absolute atomic E-state index is 10.6. The van der Waals surface area contributed by atoms with Gasteiger partial charge in [0, 0.05) is 12.0 Å². The zero-order chi connectivity index (χ0) is 13.3. The molecule has 1 saturated carbocycles. The summed E-state index contributed by atoms with van der Waals surface area (Å²) in [6.45, 7) is 2.75. The van der Waals surface area contributed by atoms with Gasteiger partial charge in [-0.2, -0.15) is 0 Å². The molecule has 1 unspecified atom stereocenters. The van der Waals surface area contributed by atoms with E-state index in [0.29, 0.717) is 17.0 Å². The molecule has 0 aromatic carbocycles. The summed E-state index contributed by atoms with van der Waals surface area (Å²) < 4.78 is 6.99. The van der Waals surface area contributed by atoms with Crippen molar-refractivity contribution in [2.75, 3.05) is 6.54 Å². The predicted molar refractivity (Wildman–Crippen MR) is 78.2 cm³/mol. The van der Waals surface area contributed by atoms with Crippen molar-refractivity contribution in [3.8, 4) is 0 Å². The number of hydrogen-bond acceptors (Lipinski definition) is 3. The first-order valence-corrected chi connectivity index (χ1v) is 7.90. The molecule has 18 heavy (non-hydrogen) atoms. The highest BCUT2D eigenvalue weighted by molar-refractivity contribution is 9.13. The predicted octanol–water partition coefficient (Wildman–Crippen LogP) is 3.99. The van der Waals surface area contributed by atoms with E-state index in [1.54, 1.807) is 0 Å². The SMILES string of the molecule is CC1CCC(CN)(C(O)c2cc(Br)c(Br)o2)CC1. The Bertz CT molecular complexity index is 392. The fourth-order valence-electron chi connectivity index (χ4n) is 2.73. The Morgan fingerprint density at radius 3 is 2.56 bits per heavy atom. The molecule has 3 nitrogen and oxygen atoms in total. The standard InChI is InChI=1S/C13H19Br2NO2/c1-8-2-4-13(7-16,5-3-8)11(17)10-6-9(14)12(15)18-10/h6,8,11,17H,2-5,7,16H2,1H3. The molecule has 1 aliphatic rings. The topological polar surface area (TPSA) is 59.4 Å². The van der Waals surface area contributed by atoms with Gasteiger partial charge in [0.15, 0.2) is 4.67 Å². The zero-order valence-electron chi connectivity index (χ0n) is 10.5. The lowest BCUT2D eigenvalue weighted by Crippen LogP contribution is -2.39. The average molecular weight is 381 g/mol. The van der Waals surface area contributed by atoms with Gasteiger partial charge in [-0.3, -0.25) is 0 Å². The van der Waals surface area contributed by atoms with Gasteiger partial charge in [-0.25, -0.2) is 0 Å². The van der Waals surface area contributed by atoms with Gasteiger partial charge in [0.25, 0.3) is 0 Å². The van der Waals surface area contributed by atoms with E-state index in [9.17, 15) is 5.11 Å². The third kappa shape index (κ3) is 2.69. The van der Waals surface area contributed by atoms with Crippen molar-refractivity contribution in [1.29, 1.82) is 0 Å². The van der Waals surface area contributed by atoms with Crippen LogP contribution in [0.25, 0.3) is 0 Å². The fourth-order valence-corrected chi connectivity index (χ4v) is 3.33. The molecule has 0 aliphatic heterocycles. The Hall–Kier alpha value is 0.160. The van der Waals surface area contributed by atoms with Crippen LogP contribution in [0.1, 0.15) is 44.5 Å². The summed E-state index contributed by atoms with van der Waals surface area (Å²) in [6, 6.07) is 1.82. The van der Waals surface area contributed by atoms with Crippen molar-refractivity contribution in [2.24, 2.45) is 17.1 Å². The van der Waals surface area contributed by atoms with E-state index in [4.69, 9.17) is 10.2 Å². The first kappa shape index (κ1) is 14.6. The van der Waals surface area contributed by atoms with E-state index in [0.717, 1.165) is 36.1 Å². The summed E-state index contributed by atoms with van der Waals surface area (Å²) in [7, 11) is 0. The number of rotatable bonds is 3.